The Morgan fingerprint density at radius 3 is 2.60 bits per heavy atom. The van der Waals surface area contributed by atoms with Crippen molar-refractivity contribution in [2.45, 2.75) is 19.6 Å². The summed E-state index contributed by atoms with van der Waals surface area (Å²) in [4.78, 5) is 15.4. The van der Waals surface area contributed by atoms with E-state index in [1.54, 1.807) is 6.92 Å². The molecule has 1 aromatic carbocycles. The molecule has 0 radical (unpaired) electrons. The zero-order valence-corrected chi connectivity index (χ0v) is 13.4. The maximum Gasteiger partial charge on any atom is 0.416 e. The first kappa shape index (κ1) is 18.4. The SMILES string of the molecule is CCOC(=O)Nc1ccc(NCc2ccccc2C(F)(F)F)nc1N. The molecule has 0 aliphatic carbocycles. The fraction of sp³-hybridized carbons (Fsp3) is 0.250. The minimum atomic E-state index is -4.43. The molecule has 0 fully saturated rings. The number of nitrogens with two attached hydrogens (primary N) is 1. The number of carbonyl (C=O) groups is 1. The zero-order valence-electron chi connectivity index (χ0n) is 13.4. The van der Waals surface area contributed by atoms with Crippen LogP contribution in [-0.2, 0) is 17.5 Å². The minimum absolute atomic E-state index is 0.0159. The molecule has 1 aromatic heterocycles. The number of pyridine rings is 1. The lowest BCUT2D eigenvalue weighted by Crippen LogP contribution is -2.15. The van der Waals surface area contributed by atoms with Crippen LogP contribution in [-0.4, -0.2) is 17.7 Å². The molecule has 2 rings (SSSR count). The number of carbonyl (C=O) groups excluding carboxylic acids is 1. The van der Waals surface area contributed by atoms with Gasteiger partial charge >= 0.3 is 12.3 Å². The van der Waals surface area contributed by atoms with Gasteiger partial charge in [-0.3, -0.25) is 5.32 Å². The van der Waals surface area contributed by atoms with Crippen molar-refractivity contribution in [3.8, 4) is 0 Å². The number of aromatic nitrogens is 1. The molecule has 6 nitrogen and oxygen atoms in total. The second-order valence-corrected chi connectivity index (χ2v) is 4.98. The third kappa shape index (κ3) is 5.00. The van der Waals surface area contributed by atoms with E-state index in [4.69, 9.17) is 10.5 Å². The monoisotopic (exact) mass is 354 g/mol. The Hall–Kier alpha value is -2.97. The second-order valence-electron chi connectivity index (χ2n) is 4.98. The lowest BCUT2D eigenvalue weighted by Gasteiger charge is -2.14. The van der Waals surface area contributed by atoms with Crippen LogP contribution in [0.5, 0.6) is 0 Å². The maximum absolute atomic E-state index is 13.0. The lowest BCUT2D eigenvalue weighted by atomic mass is 10.1. The number of nitrogens with one attached hydrogen (secondary N) is 2. The summed E-state index contributed by atoms with van der Waals surface area (Å²) >= 11 is 0. The molecular formula is C16H17F3N4O2. The number of hydrogen-bond donors (Lipinski definition) is 3. The van der Waals surface area contributed by atoms with Gasteiger partial charge in [-0.05, 0) is 30.7 Å². The summed E-state index contributed by atoms with van der Waals surface area (Å²) in [6.07, 6.45) is -5.10. The van der Waals surface area contributed by atoms with Crippen LogP contribution in [0.2, 0.25) is 0 Å². The van der Waals surface area contributed by atoms with Crippen molar-refractivity contribution in [3.05, 3.63) is 47.5 Å². The number of nitrogens with zero attached hydrogens (tertiary/aromatic N) is 1. The first-order valence-electron chi connectivity index (χ1n) is 7.40. The summed E-state index contributed by atoms with van der Waals surface area (Å²) in [5.74, 6) is 0.297. The van der Waals surface area contributed by atoms with Crippen molar-refractivity contribution in [3.63, 3.8) is 0 Å². The number of anilines is 3. The summed E-state index contributed by atoms with van der Waals surface area (Å²) in [5.41, 5.74) is 5.36. The van der Waals surface area contributed by atoms with E-state index in [0.29, 0.717) is 0 Å². The molecule has 0 unspecified atom stereocenters. The van der Waals surface area contributed by atoms with E-state index in [0.717, 1.165) is 6.07 Å². The number of halogens is 3. The van der Waals surface area contributed by atoms with E-state index in [1.165, 1.54) is 30.3 Å². The molecular weight excluding hydrogens is 337 g/mol. The number of benzene rings is 1. The van der Waals surface area contributed by atoms with Crippen LogP contribution < -0.4 is 16.4 Å². The third-order valence-electron chi connectivity index (χ3n) is 3.22. The van der Waals surface area contributed by atoms with Gasteiger partial charge < -0.3 is 15.8 Å². The average molecular weight is 354 g/mol. The van der Waals surface area contributed by atoms with E-state index >= 15 is 0 Å². The normalized spacial score (nSPS) is 11.0. The highest BCUT2D eigenvalue weighted by molar-refractivity contribution is 5.88. The topological polar surface area (TPSA) is 89.3 Å². The van der Waals surface area contributed by atoms with Crippen molar-refractivity contribution in [2.24, 2.45) is 0 Å². The Labute approximate surface area is 142 Å². The van der Waals surface area contributed by atoms with Crippen LogP contribution in [0.25, 0.3) is 0 Å². The van der Waals surface area contributed by atoms with Gasteiger partial charge in [-0.25, -0.2) is 9.78 Å². The van der Waals surface area contributed by atoms with E-state index in [1.807, 2.05) is 0 Å². The highest BCUT2D eigenvalue weighted by Gasteiger charge is 2.32. The predicted octanol–water partition coefficient (Wildman–Crippen LogP) is 3.86. The zero-order chi connectivity index (χ0) is 18.4. The minimum Gasteiger partial charge on any atom is -0.450 e. The van der Waals surface area contributed by atoms with E-state index in [9.17, 15) is 18.0 Å². The van der Waals surface area contributed by atoms with Crippen molar-refractivity contribution < 1.29 is 22.7 Å². The van der Waals surface area contributed by atoms with Gasteiger partial charge in [0, 0.05) is 6.54 Å². The molecule has 4 N–H and O–H groups in total. The molecule has 1 heterocycles. The van der Waals surface area contributed by atoms with Gasteiger partial charge in [-0.1, -0.05) is 18.2 Å². The average Bonchev–Trinajstić information content (AvgIpc) is 2.55. The highest BCUT2D eigenvalue weighted by Crippen LogP contribution is 2.32. The molecule has 0 aliphatic rings. The molecule has 2 aromatic rings. The number of hydrogen-bond acceptors (Lipinski definition) is 5. The fourth-order valence-electron chi connectivity index (χ4n) is 2.09. The Balaban J connectivity index is 2.08. The van der Waals surface area contributed by atoms with Gasteiger partial charge in [0.1, 0.15) is 11.6 Å². The van der Waals surface area contributed by atoms with Crippen molar-refractivity contribution >= 4 is 23.4 Å². The van der Waals surface area contributed by atoms with Crippen molar-refractivity contribution in [1.29, 1.82) is 0 Å². The van der Waals surface area contributed by atoms with Crippen LogP contribution in [0.1, 0.15) is 18.1 Å². The van der Waals surface area contributed by atoms with Crippen molar-refractivity contribution in [2.75, 3.05) is 23.0 Å². The Morgan fingerprint density at radius 2 is 1.96 bits per heavy atom. The standard InChI is InChI=1S/C16H17F3N4O2/c1-2-25-15(24)22-12-7-8-13(23-14(12)20)21-9-10-5-3-4-6-11(10)16(17,18)19/h3-8H,2,9H2,1H3,(H,22,24)(H3,20,21,23). The van der Waals surface area contributed by atoms with Gasteiger partial charge in [0.2, 0.25) is 0 Å². The molecule has 134 valence electrons. The van der Waals surface area contributed by atoms with Crippen LogP contribution >= 0.6 is 0 Å². The van der Waals surface area contributed by atoms with Crippen LogP contribution in [0, 0.1) is 0 Å². The van der Waals surface area contributed by atoms with Gasteiger partial charge in [-0.15, -0.1) is 0 Å². The smallest absolute Gasteiger partial charge is 0.416 e. The fourth-order valence-corrected chi connectivity index (χ4v) is 2.09. The van der Waals surface area contributed by atoms with Gasteiger partial charge in [0.15, 0.2) is 0 Å². The highest BCUT2D eigenvalue weighted by atomic mass is 19.4. The third-order valence-corrected chi connectivity index (χ3v) is 3.22. The van der Waals surface area contributed by atoms with Gasteiger partial charge in [0.05, 0.1) is 17.9 Å². The molecule has 1 amide bonds. The summed E-state index contributed by atoms with van der Waals surface area (Å²) in [6.45, 7) is 1.79. The van der Waals surface area contributed by atoms with E-state index in [-0.39, 0.29) is 36.0 Å². The predicted molar refractivity (Wildman–Crippen MR) is 88.1 cm³/mol. The molecule has 0 bridgehead atoms. The Kier molecular flexibility index (Phi) is 5.68. The summed E-state index contributed by atoms with van der Waals surface area (Å²) in [5, 5.41) is 5.20. The quantitative estimate of drug-likeness (QED) is 0.759. The molecule has 0 spiro atoms. The molecule has 0 atom stereocenters. The number of ether oxygens (including phenoxy) is 1. The second kappa shape index (κ2) is 7.73. The van der Waals surface area contributed by atoms with Gasteiger partial charge in [0.25, 0.3) is 0 Å². The molecule has 0 aliphatic heterocycles. The van der Waals surface area contributed by atoms with E-state index < -0.39 is 17.8 Å². The molecule has 0 saturated carbocycles. The number of alkyl halides is 3. The molecule has 25 heavy (non-hydrogen) atoms. The summed E-state index contributed by atoms with van der Waals surface area (Å²) in [7, 11) is 0. The molecule has 0 saturated heterocycles. The first-order valence-corrected chi connectivity index (χ1v) is 7.40. The lowest BCUT2D eigenvalue weighted by molar-refractivity contribution is -0.138. The van der Waals surface area contributed by atoms with Crippen LogP contribution in [0.3, 0.4) is 0 Å². The van der Waals surface area contributed by atoms with Crippen molar-refractivity contribution in [1.82, 2.24) is 4.98 Å². The first-order chi connectivity index (χ1) is 11.8. The number of rotatable bonds is 5. The number of nitrogen functional groups attached to an aromatic ring is 1. The van der Waals surface area contributed by atoms with E-state index in [2.05, 4.69) is 15.6 Å². The van der Waals surface area contributed by atoms with Gasteiger partial charge in [-0.2, -0.15) is 13.2 Å². The van der Waals surface area contributed by atoms with Crippen LogP contribution in [0.15, 0.2) is 36.4 Å². The summed E-state index contributed by atoms with van der Waals surface area (Å²) < 4.78 is 43.6. The molecule has 9 heteroatoms. The Bertz CT molecular complexity index is 750. The maximum atomic E-state index is 13.0. The largest absolute Gasteiger partial charge is 0.450 e. The van der Waals surface area contributed by atoms with Crippen LogP contribution in [0.4, 0.5) is 35.3 Å². The summed E-state index contributed by atoms with van der Waals surface area (Å²) in [6, 6.07) is 8.24. The number of amides is 1. The Morgan fingerprint density at radius 1 is 1.24 bits per heavy atom.